The maximum absolute atomic E-state index is 11.5. The Labute approximate surface area is 133 Å². The Morgan fingerprint density at radius 2 is 1.77 bits per heavy atom. The van der Waals surface area contributed by atoms with Gasteiger partial charge in [0.15, 0.2) is 5.96 Å². The fourth-order valence-corrected chi connectivity index (χ4v) is 2.61. The standard InChI is InChI=1S/C15H26N4O2S/c1-4-5-10-18-15(16-2)19-11-13-6-8-14(9-7-13)12-22(20,21)17-3/h6-9,17H,4-5,10-12H2,1-3H3,(H2,16,18,19). The number of aliphatic imine (C=N–C) groups is 1. The second-order valence-corrected chi connectivity index (χ2v) is 6.91. The van der Waals surface area contributed by atoms with Crippen LogP contribution in [-0.4, -0.2) is 35.0 Å². The van der Waals surface area contributed by atoms with Crippen LogP contribution >= 0.6 is 0 Å². The lowest BCUT2D eigenvalue weighted by Crippen LogP contribution is -2.37. The summed E-state index contributed by atoms with van der Waals surface area (Å²) in [7, 11) is -0.0582. The third kappa shape index (κ3) is 6.91. The summed E-state index contributed by atoms with van der Waals surface area (Å²) in [6.45, 7) is 3.69. The molecule has 0 aliphatic carbocycles. The monoisotopic (exact) mass is 326 g/mol. The third-order valence-electron chi connectivity index (χ3n) is 3.20. The summed E-state index contributed by atoms with van der Waals surface area (Å²) in [4.78, 5) is 4.16. The molecule has 3 N–H and O–H groups in total. The van der Waals surface area contributed by atoms with E-state index in [9.17, 15) is 8.42 Å². The van der Waals surface area contributed by atoms with Gasteiger partial charge in [0.25, 0.3) is 0 Å². The maximum Gasteiger partial charge on any atom is 0.215 e. The summed E-state index contributed by atoms with van der Waals surface area (Å²) in [5.41, 5.74) is 1.84. The molecule has 0 saturated carbocycles. The summed E-state index contributed by atoms with van der Waals surface area (Å²) in [5, 5.41) is 6.47. The molecule has 0 radical (unpaired) electrons. The van der Waals surface area contributed by atoms with Gasteiger partial charge in [-0.2, -0.15) is 0 Å². The first kappa shape index (κ1) is 18.4. The highest BCUT2D eigenvalue weighted by Crippen LogP contribution is 2.07. The number of nitrogens with one attached hydrogen (secondary N) is 3. The van der Waals surface area contributed by atoms with Crippen molar-refractivity contribution >= 4 is 16.0 Å². The summed E-state index contributed by atoms with van der Waals surface area (Å²) in [6.07, 6.45) is 2.25. The van der Waals surface area contributed by atoms with Crippen LogP contribution in [0.4, 0.5) is 0 Å². The normalized spacial score (nSPS) is 12.2. The minimum atomic E-state index is -3.22. The van der Waals surface area contributed by atoms with Gasteiger partial charge >= 0.3 is 0 Å². The van der Waals surface area contributed by atoms with Gasteiger partial charge in [0.05, 0.1) is 5.75 Å². The number of benzene rings is 1. The van der Waals surface area contributed by atoms with Gasteiger partial charge in [0.1, 0.15) is 0 Å². The largest absolute Gasteiger partial charge is 0.356 e. The lowest BCUT2D eigenvalue weighted by molar-refractivity contribution is 0.587. The van der Waals surface area contributed by atoms with Gasteiger partial charge < -0.3 is 10.6 Å². The molecule has 0 aliphatic heterocycles. The van der Waals surface area contributed by atoms with Crippen LogP contribution in [0.3, 0.4) is 0 Å². The summed E-state index contributed by atoms with van der Waals surface area (Å²) in [5.74, 6) is 0.771. The van der Waals surface area contributed by atoms with Crippen LogP contribution in [-0.2, 0) is 22.3 Å². The predicted octanol–water partition coefficient (Wildman–Crippen LogP) is 1.20. The van der Waals surface area contributed by atoms with Crippen LogP contribution in [0.5, 0.6) is 0 Å². The van der Waals surface area contributed by atoms with Gasteiger partial charge in [-0.15, -0.1) is 0 Å². The van der Waals surface area contributed by atoms with Crippen molar-refractivity contribution in [1.29, 1.82) is 0 Å². The van der Waals surface area contributed by atoms with Crippen LogP contribution in [0.15, 0.2) is 29.3 Å². The highest BCUT2D eigenvalue weighted by atomic mass is 32.2. The first-order valence-electron chi connectivity index (χ1n) is 7.44. The molecule has 6 nitrogen and oxygen atoms in total. The van der Waals surface area contributed by atoms with E-state index in [2.05, 4.69) is 27.3 Å². The van der Waals surface area contributed by atoms with Crippen molar-refractivity contribution < 1.29 is 8.42 Å². The van der Waals surface area contributed by atoms with E-state index in [4.69, 9.17) is 0 Å². The Morgan fingerprint density at radius 1 is 1.14 bits per heavy atom. The van der Waals surface area contributed by atoms with Crippen molar-refractivity contribution in [2.24, 2.45) is 4.99 Å². The number of sulfonamides is 1. The van der Waals surface area contributed by atoms with E-state index in [0.29, 0.717) is 6.54 Å². The molecule has 0 spiro atoms. The van der Waals surface area contributed by atoms with Crippen molar-refractivity contribution in [3.05, 3.63) is 35.4 Å². The first-order valence-corrected chi connectivity index (χ1v) is 9.09. The Balaban J connectivity index is 2.50. The van der Waals surface area contributed by atoms with Crippen molar-refractivity contribution in [3.8, 4) is 0 Å². The van der Waals surface area contributed by atoms with Gasteiger partial charge in [-0.1, -0.05) is 37.6 Å². The number of guanidine groups is 1. The summed E-state index contributed by atoms with van der Waals surface area (Å²) in [6, 6.07) is 7.51. The fourth-order valence-electron chi connectivity index (χ4n) is 1.83. The number of rotatable bonds is 8. The first-order chi connectivity index (χ1) is 10.5. The number of hydrogen-bond donors (Lipinski definition) is 3. The van der Waals surface area contributed by atoms with E-state index in [1.165, 1.54) is 7.05 Å². The van der Waals surface area contributed by atoms with E-state index >= 15 is 0 Å². The Bertz CT molecular complexity index is 568. The minimum Gasteiger partial charge on any atom is -0.356 e. The minimum absolute atomic E-state index is 0.00253. The molecule has 0 aliphatic rings. The van der Waals surface area contributed by atoms with Gasteiger partial charge in [-0.25, -0.2) is 13.1 Å². The van der Waals surface area contributed by atoms with Gasteiger partial charge in [-0.3, -0.25) is 4.99 Å². The average molecular weight is 326 g/mol. The predicted molar refractivity (Wildman–Crippen MR) is 91.2 cm³/mol. The molecule has 1 aromatic carbocycles. The molecule has 7 heteroatoms. The molecular weight excluding hydrogens is 300 g/mol. The quantitative estimate of drug-likeness (QED) is 0.381. The maximum atomic E-state index is 11.5. The van der Waals surface area contributed by atoms with E-state index in [0.717, 1.165) is 36.5 Å². The van der Waals surface area contributed by atoms with E-state index < -0.39 is 10.0 Å². The molecule has 1 aromatic rings. The molecule has 0 fully saturated rings. The highest BCUT2D eigenvalue weighted by molar-refractivity contribution is 7.88. The molecule has 0 aromatic heterocycles. The van der Waals surface area contributed by atoms with E-state index in [1.54, 1.807) is 7.05 Å². The SMILES string of the molecule is CCCCNC(=NC)NCc1ccc(CS(=O)(=O)NC)cc1. The highest BCUT2D eigenvalue weighted by Gasteiger charge is 2.08. The number of hydrogen-bond acceptors (Lipinski definition) is 3. The molecule has 0 atom stereocenters. The van der Waals surface area contributed by atoms with Crippen molar-refractivity contribution in [3.63, 3.8) is 0 Å². The van der Waals surface area contributed by atoms with Crippen molar-refractivity contribution in [2.45, 2.75) is 32.1 Å². The van der Waals surface area contributed by atoms with E-state index in [-0.39, 0.29) is 5.75 Å². The van der Waals surface area contributed by atoms with Crippen LogP contribution in [0.1, 0.15) is 30.9 Å². The van der Waals surface area contributed by atoms with Gasteiger partial charge in [0.2, 0.25) is 10.0 Å². The molecule has 0 saturated heterocycles. The molecule has 0 heterocycles. The molecular formula is C15H26N4O2S. The van der Waals surface area contributed by atoms with E-state index in [1.807, 2.05) is 24.3 Å². The summed E-state index contributed by atoms with van der Waals surface area (Å²) < 4.78 is 25.3. The zero-order chi connectivity index (χ0) is 16.4. The fraction of sp³-hybridized carbons (Fsp3) is 0.533. The molecule has 0 unspecified atom stereocenters. The molecule has 0 amide bonds. The van der Waals surface area contributed by atoms with Crippen LogP contribution in [0.25, 0.3) is 0 Å². The van der Waals surface area contributed by atoms with Gasteiger partial charge in [-0.05, 0) is 24.6 Å². The van der Waals surface area contributed by atoms with Crippen molar-refractivity contribution in [1.82, 2.24) is 15.4 Å². The number of unbranched alkanes of at least 4 members (excludes halogenated alkanes) is 1. The lowest BCUT2D eigenvalue weighted by Gasteiger charge is -2.12. The second kappa shape index (κ2) is 9.42. The molecule has 124 valence electrons. The van der Waals surface area contributed by atoms with Gasteiger partial charge in [0, 0.05) is 20.1 Å². The molecule has 22 heavy (non-hydrogen) atoms. The Hall–Kier alpha value is -1.60. The zero-order valence-electron chi connectivity index (χ0n) is 13.5. The average Bonchev–Trinajstić information content (AvgIpc) is 2.52. The van der Waals surface area contributed by atoms with Crippen LogP contribution < -0.4 is 15.4 Å². The van der Waals surface area contributed by atoms with Crippen LogP contribution in [0.2, 0.25) is 0 Å². The topological polar surface area (TPSA) is 82.6 Å². The van der Waals surface area contributed by atoms with Crippen LogP contribution in [0, 0.1) is 0 Å². The molecule has 1 rings (SSSR count). The Kier molecular flexibility index (Phi) is 7.90. The molecule has 0 bridgehead atoms. The Morgan fingerprint density at radius 3 is 2.32 bits per heavy atom. The lowest BCUT2D eigenvalue weighted by atomic mass is 10.1. The summed E-state index contributed by atoms with van der Waals surface area (Å²) >= 11 is 0. The van der Waals surface area contributed by atoms with Crippen molar-refractivity contribution in [2.75, 3.05) is 20.6 Å². The third-order valence-corrected chi connectivity index (χ3v) is 4.53. The smallest absolute Gasteiger partial charge is 0.215 e. The number of nitrogens with zero attached hydrogens (tertiary/aromatic N) is 1. The zero-order valence-corrected chi connectivity index (χ0v) is 14.3. The second-order valence-electron chi connectivity index (χ2n) is 4.99.